The van der Waals surface area contributed by atoms with E-state index < -0.39 is 10.0 Å². The molecule has 0 bridgehead atoms. The van der Waals surface area contributed by atoms with Crippen molar-refractivity contribution in [2.75, 3.05) is 19.3 Å². The molecule has 2 unspecified atom stereocenters. The fraction of sp³-hybridized carbons (Fsp3) is 1.00. The maximum atomic E-state index is 11.9. The van der Waals surface area contributed by atoms with Crippen LogP contribution in [-0.2, 0) is 10.0 Å². The number of unbranched alkanes of at least 4 members (excludes halogenated alkanes) is 1. The Morgan fingerprint density at radius 1 is 1.06 bits per heavy atom. The van der Waals surface area contributed by atoms with Crippen LogP contribution in [0.15, 0.2) is 0 Å². The standard InChI is InChI=1S/C13H28N2O2S/c1-11-8-12(2)10-13(9-11)15-18(16,17)7-5-4-6-14-3/h11-15H,4-10H2,1-3H3. The fourth-order valence-electron chi connectivity index (χ4n) is 2.95. The fourth-order valence-corrected chi connectivity index (χ4v) is 4.35. The van der Waals surface area contributed by atoms with Gasteiger partial charge in [-0.15, -0.1) is 0 Å². The SMILES string of the molecule is CNCCCCS(=O)(=O)NC1CC(C)CC(C)C1. The number of nitrogens with one attached hydrogen (secondary N) is 2. The molecular weight excluding hydrogens is 248 g/mol. The molecule has 4 nitrogen and oxygen atoms in total. The molecule has 18 heavy (non-hydrogen) atoms. The predicted molar refractivity (Wildman–Crippen MR) is 76.1 cm³/mol. The lowest BCUT2D eigenvalue weighted by molar-refractivity contribution is 0.257. The van der Waals surface area contributed by atoms with Crippen molar-refractivity contribution in [2.45, 2.75) is 52.0 Å². The monoisotopic (exact) mass is 276 g/mol. The number of hydrogen-bond donors (Lipinski definition) is 2. The number of rotatable bonds is 7. The van der Waals surface area contributed by atoms with Crippen molar-refractivity contribution in [3.05, 3.63) is 0 Å². The van der Waals surface area contributed by atoms with Crippen molar-refractivity contribution in [3.8, 4) is 0 Å². The molecule has 2 N–H and O–H groups in total. The van der Waals surface area contributed by atoms with E-state index in [4.69, 9.17) is 0 Å². The highest BCUT2D eigenvalue weighted by Crippen LogP contribution is 2.28. The van der Waals surface area contributed by atoms with Gasteiger partial charge in [0.05, 0.1) is 5.75 Å². The molecule has 0 heterocycles. The van der Waals surface area contributed by atoms with Gasteiger partial charge in [0.15, 0.2) is 0 Å². The molecule has 1 aliphatic carbocycles. The quantitative estimate of drug-likeness (QED) is 0.696. The predicted octanol–water partition coefficient (Wildman–Crippen LogP) is 1.73. The topological polar surface area (TPSA) is 58.2 Å². The number of sulfonamides is 1. The molecule has 0 aliphatic heterocycles. The molecule has 0 spiro atoms. The minimum Gasteiger partial charge on any atom is -0.320 e. The molecule has 0 saturated heterocycles. The maximum Gasteiger partial charge on any atom is 0.211 e. The molecule has 5 heteroatoms. The van der Waals surface area contributed by atoms with Crippen molar-refractivity contribution >= 4 is 10.0 Å². The average Bonchev–Trinajstić information content (AvgIpc) is 2.22. The van der Waals surface area contributed by atoms with E-state index in [1.54, 1.807) is 0 Å². The Kier molecular flexibility index (Phi) is 6.60. The molecule has 0 amide bonds. The lowest BCUT2D eigenvalue weighted by Gasteiger charge is -2.31. The van der Waals surface area contributed by atoms with Gasteiger partial charge in [-0.05, 0) is 57.5 Å². The highest BCUT2D eigenvalue weighted by atomic mass is 32.2. The second kappa shape index (κ2) is 7.46. The summed E-state index contributed by atoms with van der Waals surface area (Å²) in [4.78, 5) is 0. The lowest BCUT2D eigenvalue weighted by Crippen LogP contribution is -2.41. The molecule has 0 aromatic rings. The van der Waals surface area contributed by atoms with Crippen molar-refractivity contribution in [1.82, 2.24) is 10.0 Å². The Labute approximate surface area is 112 Å². The Hall–Kier alpha value is -0.130. The maximum absolute atomic E-state index is 11.9. The molecular formula is C13H28N2O2S. The van der Waals surface area contributed by atoms with Gasteiger partial charge < -0.3 is 5.32 Å². The van der Waals surface area contributed by atoms with Gasteiger partial charge in [-0.2, -0.15) is 0 Å². The van der Waals surface area contributed by atoms with Crippen LogP contribution in [0.2, 0.25) is 0 Å². The normalized spacial score (nSPS) is 29.4. The van der Waals surface area contributed by atoms with Gasteiger partial charge in [-0.25, -0.2) is 13.1 Å². The van der Waals surface area contributed by atoms with E-state index in [2.05, 4.69) is 23.9 Å². The van der Waals surface area contributed by atoms with Crippen LogP contribution in [0.4, 0.5) is 0 Å². The van der Waals surface area contributed by atoms with E-state index in [0.717, 1.165) is 32.2 Å². The van der Waals surface area contributed by atoms with Crippen LogP contribution in [0.3, 0.4) is 0 Å². The average molecular weight is 276 g/mol. The van der Waals surface area contributed by atoms with Gasteiger partial charge in [0.2, 0.25) is 10.0 Å². The third-order valence-electron chi connectivity index (χ3n) is 3.61. The second-order valence-electron chi connectivity index (χ2n) is 5.86. The van der Waals surface area contributed by atoms with Crippen LogP contribution in [0, 0.1) is 11.8 Å². The van der Waals surface area contributed by atoms with E-state index >= 15 is 0 Å². The van der Waals surface area contributed by atoms with Gasteiger partial charge in [-0.3, -0.25) is 0 Å². The zero-order valence-corrected chi connectivity index (χ0v) is 12.7. The summed E-state index contributed by atoms with van der Waals surface area (Å²) in [6.45, 7) is 5.31. The third kappa shape index (κ3) is 6.16. The van der Waals surface area contributed by atoms with E-state index in [1.807, 2.05) is 7.05 Å². The van der Waals surface area contributed by atoms with E-state index in [9.17, 15) is 8.42 Å². The van der Waals surface area contributed by atoms with Gasteiger partial charge in [0.25, 0.3) is 0 Å². The molecule has 108 valence electrons. The molecule has 1 fully saturated rings. The first kappa shape index (κ1) is 15.9. The van der Waals surface area contributed by atoms with Crippen LogP contribution in [-0.4, -0.2) is 33.8 Å². The molecule has 2 atom stereocenters. The summed E-state index contributed by atoms with van der Waals surface area (Å²) in [7, 11) is -1.20. The molecule has 1 rings (SSSR count). The first-order valence-electron chi connectivity index (χ1n) is 7.07. The van der Waals surface area contributed by atoms with Crippen LogP contribution in [0.25, 0.3) is 0 Å². The van der Waals surface area contributed by atoms with E-state index in [-0.39, 0.29) is 11.8 Å². The number of hydrogen-bond acceptors (Lipinski definition) is 3. The zero-order chi connectivity index (χ0) is 13.6. The van der Waals surface area contributed by atoms with Gasteiger partial charge >= 0.3 is 0 Å². The minimum absolute atomic E-state index is 0.151. The smallest absolute Gasteiger partial charge is 0.211 e. The highest BCUT2D eigenvalue weighted by molar-refractivity contribution is 7.89. The minimum atomic E-state index is -3.09. The third-order valence-corrected chi connectivity index (χ3v) is 5.13. The van der Waals surface area contributed by atoms with Crippen molar-refractivity contribution in [3.63, 3.8) is 0 Å². The Morgan fingerprint density at radius 3 is 2.22 bits per heavy atom. The highest BCUT2D eigenvalue weighted by Gasteiger charge is 2.26. The van der Waals surface area contributed by atoms with Crippen molar-refractivity contribution in [1.29, 1.82) is 0 Å². The first-order valence-corrected chi connectivity index (χ1v) is 8.72. The summed E-state index contributed by atoms with van der Waals surface area (Å²) in [5.41, 5.74) is 0. The molecule has 1 aliphatic rings. The van der Waals surface area contributed by atoms with Gasteiger partial charge in [0.1, 0.15) is 0 Å². The van der Waals surface area contributed by atoms with Crippen LogP contribution in [0.5, 0.6) is 0 Å². The molecule has 0 radical (unpaired) electrons. The lowest BCUT2D eigenvalue weighted by atomic mass is 9.81. The summed E-state index contributed by atoms with van der Waals surface area (Å²) < 4.78 is 26.8. The molecule has 0 aromatic carbocycles. The Balaban J connectivity index is 2.35. The van der Waals surface area contributed by atoms with Crippen LogP contribution < -0.4 is 10.0 Å². The summed E-state index contributed by atoms with van der Waals surface area (Å²) in [5, 5.41) is 3.03. The summed E-state index contributed by atoms with van der Waals surface area (Å²) >= 11 is 0. The second-order valence-corrected chi connectivity index (χ2v) is 7.74. The Morgan fingerprint density at radius 2 is 1.67 bits per heavy atom. The molecule has 0 aromatic heterocycles. The van der Waals surface area contributed by atoms with E-state index in [0.29, 0.717) is 11.8 Å². The largest absolute Gasteiger partial charge is 0.320 e. The van der Waals surface area contributed by atoms with Gasteiger partial charge in [-0.1, -0.05) is 13.8 Å². The zero-order valence-electron chi connectivity index (χ0n) is 11.9. The summed E-state index contributed by atoms with van der Waals surface area (Å²) in [5.74, 6) is 1.52. The summed E-state index contributed by atoms with van der Waals surface area (Å²) in [6, 6.07) is 0.151. The summed E-state index contributed by atoms with van der Waals surface area (Å²) in [6.07, 6.45) is 4.84. The molecule has 1 saturated carbocycles. The van der Waals surface area contributed by atoms with E-state index in [1.165, 1.54) is 6.42 Å². The van der Waals surface area contributed by atoms with Crippen LogP contribution >= 0.6 is 0 Å². The van der Waals surface area contributed by atoms with Gasteiger partial charge in [0, 0.05) is 6.04 Å². The van der Waals surface area contributed by atoms with Crippen molar-refractivity contribution in [2.24, 2.45) is 11.8 Å². The first-order chi connectivity index (χ1) is 8.43. The van der Waals surface area contributed by atoms with Crippen LogP contribution in [0.1, 0.15) is 46.0 Å². The van der Waals surface area contributed by atoms with Crippen molar-refractivity contribution < 1.29 is 8.42 Å². The Bertz CT molecular complexity index is 320.